The minimum atomic E-state index is -0.446. The Morgan fingerprint density at radius 2 is 2.11 bits per heavy atom. The number of carbonyl (C=O) groups excluding carboxylic acids is 2. The minimum absolute atomic E-state index is 0.256. The molecule has 1 aromatic carbocycles. The summed E-state index contributed by atoms with van der Waals surface area (Å²) in [6.45, 7) is 0.339. The van der Waals surface area contributed by atoms with Crippen molar-refractivity contribution in [2.24, 2.45) is 0 Å². The first-order valence-electron chi connectivity index (χ1n) is 5.49. The van der Waals surface area contributed by atoms with E-state index in [0.717, 1.165) is 4.88 Å². The van der Waals surface area contributed by atoms with Gasteiger partial charge >= 0.3 is 0 Å². The molecule has 3 rings (SSSR count). The van der Waals surface area contributed by atoms with Crippen LogP contribution in [0.25, 0.3) is 0 Å². The lowest BCUT2D eigenvalue weighted by Gasteiger charge is -2.08. The SMILES string of the molecule is O=C1NC(=O)c2c(OCc3cccs3)cc(Cl)cc21. The topological polar surface area (TPSA) is 55.4 Å². The van der Waals surface area contributed by atoms with Crippen molar-refractivity contribution in [3.05, 3.63) is 50.7 Å². The predicted octanol–water partition coefficient (Wildman–Crippen LogP) is 2.86. The van der Waals surface area contributed by atoms with Crippen LogP contribution in [0, 0.1) is 0 Å². The molecule has 0 atom stereocenters. The highest BCUT2D eigenvalue weighted by atomic mass is 35.5. The highest BCUT2D eigenvalue weighted by Crippen LogP contribution is 2.31. The van der Waals surface area contributed by atoms with Gasteiger partial charge in [-0.1, -0.05) is 17.7 Å². The standard InChI is InChI=1S/C13H8ClNO3S/c14-7-4-9-11(13(17)15-12(9)16)10(5-7)18-6-8-2-1-3-19-8/h1-5H,6H2,(H,15,16,17). The normalized spacial score (nSPS) is 13.3. The lowest BCUT2D eigenvalue weighted by atomic mass is 10.1. The van der Waals surface area contributed by atoms with Crippen LogP contribution in [0.15, 0.2) is 29.6 Å². The summed E-state index contributed by atoms with van der Waals surface area (Å²) in [4.78, 5) is 24.3. The lowest BCUT2D eigenvalue weighted by molar-refractivity contribution is 0.0878. The molecule has 0 saturated carbocycles. The highest BCUT2D eigenvalue weighted by Gasteiger charge is 2.31. The van der Waals surface area contributed by atoms with Gasteiger partial charge in [0.05, 0.1) is 11.1 Å². The van der Waals surface area contributed by atoms with Gasteiger partial charge in [0.1, 0.15) is 12.4 Å². The number of thiophene rings is 1. The molecule has 0 unspecified atom stereocenters. The predicted molar refractivity (Wildman–Crippen MR) is 71.9 cm³/mol. The quantitative estimate of drug-likeness (QED) is 0.885. The fraction of sp³-hybridized carbons (Fsp3) is 0.0769. The van der Waals surface area contributed by atoms with Crippen molar-refractivity contribution >= 4 is 34.8 Å². The first-order chi connectivity index (χ1) is 9.15. The van der Waals surface area contributed by atoms with Crippen molar-refractivity contribution < 1.29 is 14.3 Å². The summed E-state index contributed by atoms with van der Waals surface area (Å²) in [5, 5.41) is 4.54. The van der Waals surface area contributed by atoms with E-state index in [9.17, 15) is 9.59 Å². The summed E-state index contributed by atoms with van der Waals surface area (Å²) in [5.74, 6) is -0.555. The lowest BCUT2D eigenvalue weighted by Crippen LogP contribution is -2.20. The molecule has 1 aliphatic heterocycles. The third-order valence-corrected chi connectivity index (χ3v) is 3.78. The Kier molecular flexibility index (Phi) is 3.00. The number of carbonyl (C=O) groups is 2. The molecule has 0 saturated heterocycles. The van der Waals surface area contributed by atoms with E-state index in [2.05, 4.69) is 5.32 Å². The van der Waals surface area contributed by atoms with Gasteiger partial charge in [-0.05, 0) is 23.6 Å². The van der Waals surface area contributed by atoms with E-state index >= 15 is 0 Å². The average molecular weight is 294 g/mol. The van der Waals surface area contributed by atoms with E-state index in [1.165, 1.54) is 6.07 Å². The Balaban J connectivity index is 1.95. The maximum Gasteiger partial charge on any atom is 0.262 e. The zero-order valence-electron chi connectivity index (χ0n) is 9.60. The minimum Gasteiger partial charge on any atom is -0.487 e. The largest absolute Gasteiger partial charge is 0.487 e. The summed E-state index contributed by atoms with van der Waals surface area (Å²) in [6, 6.07) is 6.87. The molecule has 1 N–H and O–H groups in total. The van der Waals surface area contributed by atoms with Crippen LogP contribution in [0.5, 0.6) is 5.75 Å². The number of nitrogens with one attached hydrogen (secondary N) is 1. The van der Waals surface area contributed by atoms with Gasteiger partial charge < -0.3 is 4.74 Å². The molecule has 2 amide bonds. The van der Waals surface area contributed by atoms with Gasteiger partial charge in [-0.2, -0.15) is 0 Å². The molecule has 0 fully saturated rings. The molecule has 4 nitrogen and oxygen atoms in total. The molecule has 0 bridgehead atoms. The van der Waals surface area contributed by atoms with E-state index in [0.29, 0.717) is 17.4 Å². The maximum absolute atomic E-state index is 11.7. The Morgan fingerprint density at radius 3 is 2.84 bits per heavy atom. The monoisotopic (exact) mass is 293 g/mol. The second-order valence-corrected chi connectivity index (χ2v) is 5.45. The number of imide groups is 1. The Hall–Kier alpha value is -1.85. The smallest absolute Gasteiger partial charge is 0.262 e. The van der Waals surface area contributed by atoms with Crippen molar-refractivity contribution in [2.45, 2.75) is 6.61 Å². The van der Waals surface area contributed by atoms with Crippen molar-refractivity contribution in [3.8, 4) is 5.75 Å². The summed E-state index contributed by atoms with van der Waals surface area (Å²) < 4.78 is 5.61. The Bertz CT molecular complexity index is 667. The van der Waals surface area contributed by atoms with Crippen LogP contribution in [0.2, 0.25) is 5.02 Å². The fourth-order valence-corrected chi connectivity index (χ4v) is 2.71. The van der Waals surface area contributed by atoms with Crippen molar-refractivity contribution in [2.75, 3.05) is 0 Å². The van der Waals surface area contributed by atoms with Gasteiger partial charge in [0.15, 0.2) is 0 Å². The Morgan fingerprint density at radius 1 is 1.26 bits per heavy atom. The third-order valence-electron chi connectivity index (χ3n) is 2.72. The molecular formula is C13H8ClNO3S. The number of rotatable bonds is 3. The number of fused-ring (bicyclic) bond motifs is 1. The van der Waals surface area contributed by atoms with Crippen LogP contribution in [-0.2, 0) is 6.61 Å². The number of benzene rings is 1. The van der Waals surface area contributed by atoms with Crippen molar-refractivity contribution in [1.29, 1.82) is 0 Å². The van der Waals surface area contributed by atoms with E-state index in [1.54, 1.807) is 17.4 Å². The molecule has 6 heteroatoms. The van der Waals surface area contributed by atoms with Crippen LogP contribution in [0.3, 0.4) is 0 Å². The van der Waals surface area contributed by atoms with E-state index in [4.69, 9.17) is 16.3 Å². The van der Waals surface area contributed by atoms with Crippen molar-refractivity contribution in [3.63, 3.8) is 0 Å². The molecule has 1 aromatic heterocycles. The number of hydrogen-bond donors (Lipinski definition) is 1. The number of hydrogen-bond acceptors (Lipinski definition) is 4. The molecule has 96 valence electrons. The molecule has 1 aliphatic rings. The van der Waals surface area contributed by atoms with Crippen LogP contribution >= 0.6 is 22.9 Å². The van der Waals surface area contributed by atoms with Crippen molar-refractivity contribution in [1.82, 2.24) is 5.32 Å². The molecule has 2 aromatic rings. The van der Waals surface area contributed by atoms with E-state index in [1.807, 2.05) is 17.5 Å². The van der Waals surface area contributed by atoms with Gasteiger partial charge in [-0.3, -0.25) is 14.9 Å². The molecule has 0 radical (unpaired) electrons. The Labute approximate surface area is 118 Å². The number of halogens is 1. The summed E-state index contributed by atoms with van der Waals surface area (Å²) in [6.07, 6.45) is 0. The summed E-state index contributed by atoms with van der Waals surface area (Å²) >= 11 is 7.49. The second kappa shape index (κ2) is 4.68. The zero-order valence-corrected chi connectivity index (χ0v) is 11.2. The number of ether oxygens (including phenoxy) is 1. The molecule has 19 heavy (non-hydrogen) atoms. The van der Waals surface area contributed by atoms with Crippen LogP contribution in [-0.4, -0.2) is 11.8 Å². The highest BCUT2D eigenvalue weighted by molar-refractivity contribution is 7.09. The molecule has 0 aliphatic carbocycles. The maximum atomic E-state index is 11.7. The van der Waals surface area contributed by atoms with Crippen LogP contribution < -0.4 is 10.1 Å². The van der Waals surface area contributed by atoms with Gasteiger partial charge in [0, 0.05) is 9.90 Å². The van der Waals surface area contributed by atoms with Gasteiger partial charge in [0.25, 0.3) is 11.8 Å². The van der Waals surface area contributed by atoms with Gasteiger partial charge in [-0.25, -0.2) is 0 Å². The molecular weight excluding hydrogens is 286 g/mol. The summed E-state index contributed by atoms with van der Waals surface area (Å²) in [7, 11) is 0. The molecule has 2 heterocycles. The van der Waals surface area contributed by atoms with Crippen LogP contribution in [0.1, 0.15) is 25.6 Å². The summed E-state index contributed by atoms with van der Waals surface area (Å²) in [5.41, 5.74) is 0.518. The number of amides is 2. The first-order valence-corrected chi connectivity index (χ1v) is 6.75. The van der Waals surface area contributed by atoms with Gasteiger partial charge in [-0.15, -0.1) is 11.3 Å². The first kappa shape index (κ1) is 12.2. The second-order valence-electron chi connectivity index (χ2n) is 3.98. The third kappa shape index (κ3) is 2.22. The van der Waals surface area contributed by atoms with E-state index in [-0.39, 0.29) is 11.1 Å². The fourth-order valence-electron chi connectivity index (χ4n) is 1.89. The van der Waals surface area contributed by atoms with Crippen LogP contribution in [0.4, 0.5) is 0 Å². The zero-order chi connectivity index (χ0) is 13.4. The average Bonchev–Trinajstić information content (AvgIpc) is 2.96. The van der Waals surface area contributed by atoms with Gasteiger partial charge in [0.2, 0.25) is 0 Å². The molecule has 0 spiro atoms. The van der Waals surface area contributed by atoms with E-state index < -0.39 is 11.8 Å².